The average molecular weight is 483 g/mol. The van der Waals surface area contributed by atoms with Crippen LogP contribution in [0.2, 0.25) is 0 Å². The zero-order valence-electron chi connectivity index (χ0n) is 22.9. The Morgan fingerprint density at radius 3 is 2.40 bits per heavy atom. The van der Waals surface area contributed by atoms with Crippen molar-refractivity contribution in [3.8, 4) is 0 Å². The number of allylic oxidation sites excluding steroid dienone is 5. The molecule has 4 aliphatic carbocycles. The third-order valence-corrected chi connectivity index (χ3v) is 11.4. The van der Waals surface area contributed by atoms with Gasteiger partial charge in [-0.15, -0.1) is 0 Å². The molecule has 0 radical (unpaired) electrons. The van der Waals surface area contributed by atoms with Gasteiger partial charge >= 0.3 is 5.97 Å². The second kappa shape index (κ2) is 8.43. The molecule has 0 aromatic carbocycles. The van der Waals surface area contributed by atoms with Crippen molar-refractivity contribution in [1.82, 2.24) is 0 Å². The van der Waals surface area contributed by atoms with Crippen LogP contribution in [-0.2, 0) is 9.59 Å². The molecule has 0 aromatic heterocycles. The number of hydrogen-bond donors (Lipinski definition) is 2. The van der Waals surface area contributed by atoms with E-state index in [1.807, 2.05) is 0 Å². The van der Waals surface area contributed by atoms with E-state index in [0.717, 1.165) is 24.8 Å². The largest absolute Gasteiger partial charge is 0.481 e. The lowest BCUT2D eigenvalue weighted by Gasteiger charge is -2.59. The SMILES string of the molecule is C=C(CC[C@@H](C(=O)O)[C@H]1[C@H](O)C[C@@]2(C)C3=CC[C@H]4C(C)(C)C(=O)CC[C@]4(C)C3=CCC12C)C(C)C. The summed E-state index contributed by atoms with van der Waals surface area (Å²) in [5, 5.41) is 21.8. The fraction of sp³-hybridized carbons (Fsp3) is 0.742. The third kappa shape index (κ3) is 3.64. The number of ketones is 1. The van der Waals surface area contributed by atoms with Crippen LogP contribution in [-0.4, -0.2) is 28.1 Å². The summed E-state index contributed by atoms with van der Waals surface area (Å²) in [4.78, 5) is 25.4. The second-order valence-electron chi connectivity index (χ2n) is 13.6. The van der Waals surface area contributed by atoms with Gasteiger partial charge in [0.15, 0.2) is 0 Å². The maximum absolute atomic E-state index is 12.8. The van der Waals surface area contributed by atoms with Gasteiger partial charge in [-0.1, -0.05) is 72.8 Å². The van der Waals surface area contributed by atoms with E-state index in [1.54, 1.807) is 0 Å². The smallest absolute Gasteiger partial charge is 0.306 e. The van der Waals surface area contributed by atoms with Crippen molar-refractivity contribution in [3.63, 3.8) is 0 Å². The van der Waals surface area contributed by atoms with Crippen LogP contribution in [0.15, 0.2) is 35.5 Å². The van der Waals surface area contributed by atoms with Crippen LogP contribution in [0, 0.1) is 45.3 Å². The number of aliphatic carboxylic acids is 1. The number of aliphatic hydroxyl groups is 1. The molecule has 7 atom stereocenters. The van der Waals surface area contributed by atoms with E-state index >= 15 is 0 Å². The number of Topliss-reactive ketones (excluding diaryl/α,β-unsaturated/α-hetero) is 1. The van der Waals surface area contributed by atoms with Gasteiger partial charge in [-0.2, -0.15) is 0 Å². The van der Waals surface area contributed by atoms with E-state index in [9.17, 15) is 19.8 Å². The molecule has 2 N–H and O–H groups in total. The van der Waals surface area contributed by atoms with Crippen LogP contribution in [0.25, 0.3) is 0 Å². The summed E-state index contributed by atoms with van der Waals surface area (Å²) >= 11 is 0. The van der Waals surface area contributed by atoms with Crippen molar-refractivity contribution in [3.05, 3.63) is 35.5 Å². The molecule has 0 aromatic rings. The Balaban J connectivity index is 1.73. The van der Waals surface area contributed by atoms with Gasteiger partial charge in [0.25, 0.3) is 0 Å². The van der Waals surface area contributed by atoms with Gasteiger partial charge in [-0.25, -0.2) is 0 Å². The lowest BCUT2D eigenvalue weighted by atomic mass is 9.44. The van der Waals surface area contributed by atoms with Crippen molar-refractivity contribution in [1.29, 1.82) is 0 Å². The number of carbonyl (C=O) groups is 2. The molecule has 35 heavy (non-hydrogen) atoms. The van der Waals surface area contributed by atoms with Gasteiger partial charge in [-0.05, 0) is 72.3 Å². The van der Waals surface area contributed by atoms with E-state index < -0.39 is 18.0 Å². The maximum atomic E-state index is 12.8. The minimum atomic E-state index is -0.803. The molecule has 0 amide bonds. The van der Waals surface area contributed by atoms with Crippen molar-refractivity contribution in [2.45, 2.75) is 99.5 Å². The molecule has 4 heteroatoms. The highest BCUT2D eigenvalue weighted by Gasteiger charge is 2.66. The molecule has 194 valence electrons. The minimum Gasteiger partial charge on any atom is -0.481 e. The van der Waals surface area contributed by atoms with Crippen molar-refractivity contribution in [2.75, 3.05) is 0 Å². The first-order chi connectivity index (χ1) is 16.1. The molecule has 0 spiro atoms. The minimum absolute atomic E-state index is 0.0594. The Bertz CT molecular complexity index is 999. The number of carbonyl (C=O) groups excluding carboxylic acids is 1. The molecule has 2 fully saturated rings. The molecule has 0 heterocycles. The van der Waals surface area contributed by atoms with Crippen LogP contribution in [0.4, 0.5) is 0 Å². The fourth-order valence-corrected chi connectivity index (χ4v) is 8.72. The van der Waals surface area contributed by atoms with E-state index in [1.165, 1.54) is 11.1 Å². The summed E-state index contributed by atoms with van der Waals surface area (Å²) in [6.45, 7) is 19.4. The van der Waals surface area contributed by atoms with Crippen LogP contribution in [0.1, 0.15) is 93.4 Å². The van der Waals surface area contributed by atoms with Crippen LogP contribution in [0.3, 0.4) is 0 Å². The zero-order valence-corrected chi connectivity index (χ0v) is 22.9. The lowest BCUT2D eigenvalue weighted by molar-refractivity contribution is -0.148. The van der Waals surface area contributed by atoms with Gasteiger partial charge in [0.2, 0.25) is 0 Å². The fourth-order valence-electron chi connectivity index (χ4n) is 8.72. The summed E-state index contributed by atoms with van der Waals surface area (Å²) in [6.07, 6.45) is 8.97. The highest BCUT2D eigenvalue weighted by molar-refractivity contribution is 5.86. The summed E-state index contributed by atoms with van der Waals surface area (Å²) in [5.74, 6) is -0.739. The van der Waals surface area contributed by atoms with Gasteiger partial charge in [0.1, 0.15) is 5.78 Å². The number of hydrogen-bond acceptors (Lipinski definition) is 3. The molecule has 2 saturated carbocycles. The highest BCUT2D eigenvalue weighted by atomic mass is 16.4. The Labute approximate surface area is 212 Å². The predicted molar refractivity (Wildman–Crippen MR) is 140 cm³/mol. The van der Waals surface area contributed by atoms with Crippen LogP contribution in [0.5, 0.6) is 0 Å². The lowest BCUT2D eigenvalue weighted by Crippen LogP contribution is -2.53. The molecule has 0 bridgehead atoms. The molecular weight excluding hydrogens is 436 g/mol. The molecular formula is C31H46O4. The third-order valence-electron chi connectivity index (χ3n) is 11.4. The summed E-state index contributed by atoms with van der Waals surface area (Å²) in [6, 6.07) is 0. The first kappa shape index (κ1) is 26.4. The quantitative estimate of drug-likeness (QED) is 0.411. The molecule has 1 unspecified atom stereocenters. The summed E-state index contributed by atoms with van der Waals surface area (Å²) in [5.41, 5.74) is 2.72. The number of carboxylic acids is 1. The van der Waals surface area contributed by atoms with E-state index in [2.05, 4.69) is 67.2 Å². The van der Waals surface area contributed by atoms with E-state index in [0.29, 0.717) is 37.4 Å². The summed E-state index contributed by atoms with van der Waals surface area (Å²) in [7, 11) is 0. The standard InChI is InChI=1S/C31H46O4/c1-18(2)19(3)9-10-20(27(34)35)26-23(32)17-31(8)22-11-12-24-28(4,5)25(33)14-15-29(24,6)21(22)13-16-30(26,31)7/h11,13,18,20,23-24,26,32H,3,9-10,12,14-17H2,1-2,4-8H3,(H,34,35)/t20-,23-,24+,26+,29-,30?,31+/m1/s1. The first-order valence-electron chi connectivity index (χ1n) is 13.6. The molecule has 0 aliphatic heterocycles. The zero-order chi connectivity index (χ0) is 26.1. The van der Waals surface area contributed by atoms with Crippen molar-refractivity contribution >= 4 is 11.8 Å². The maximum Gasteiger partial charge on any atom is 0.306 e. The molecule has 4 nitrogen and oxygen atoms in total. The number of fused-ring (bicyclic) bond motifs is 5. The van der Waals surface area contributed by atoms with Crippen molar-refractivity contribution < 1.29 is 19.8 Å². The Morgan fingerprint density at radius 2 is 1.80 bits per heavy atom. The van der Waals surface area contributed by atoms with Gasteiger partial charge < -0.3 is 10.2 Å². The predicted octanol–water partition coefficient (Wildman–Crippen LogP) is 6.74. The van der Waals surface area contributed by atoms with E-state index in [-0.39, 0.29) is 33.5 Å². The highest BCUT2D eigenvalue weighted by Crippen LogP contribution is 2.71. The van der Waals surface area contributed by atoms with Crippen LogP contribution < -0.4 is 0 Å². The Hall–Kier alpha value is -1.68. The van der Waals surface area contributed by atoms with Gasteiger partial charge in [-0.3, -0.25) is 9.59 Å². The molecule has 0 saturated heterocycles. The Morgan fingerprint density at radius 1 is 1.14 bits per heavy atom. The van der Waals surface area contributed by atoms with Gasteiger partial charge in [0, 0.05) is 23.2 Å². The number of rotatable bonds is 6. The normalized spacial score (nSPS) is 40.8. The first-order valence-corrected chi connectivity index (χ1v) is 13.6. The van der Waals surface area contributed by atoms with Gasteiger partial charge in [0.05, 0.1) is 12.0 Å². The molecule has 4 aliphatic rings. The number of carboxylic acid groups (broad SMARTS) is 1. The second-order valence-corrected chi connectivity index (χ2v) is 13.6. The van der Waals surface area contributed by atoms with Crippen LogP contribution >= 0.6 is 0 Å². The van der Waals surface area contributed by atoms with E-state index in [4.69, 9.17) is 0 Å². The summed E-state index contributed by atoms with van der Waals surface area (Å²) < 4.78 is 0. The Kier molecular flexibility index (Phi) is 6.36. The average Bonchev–Trinajstić information content (AvgIpc) is 2.97. The number of aliphatic hydroxyl groups excluding tert-OH is 1. The monoisotopic (exact) mass is 482 g/mol. The van der Waals surface area contributed by atoms with Crippen molar-refractivity contribution in [2.24, 2.45) is 45.3 Å². The molecule has 4 rings (SSSR count). The topological polar surface area (TPSA) is 74.6 Å².